The molecule has 2 heterocycles. The molecule has 6 nitrogen and oxygen atoms in total. The summed E-state index contributed by atoms with van der Waals surface area (Å²) in [7, 11) is 0. The molecular formula is C19H24FN5O. The van der Waals surface area contributed by atoms with Crippen LogP contribution in [-0.2, 0) is 0 Å². The number of benzene rings is 1. The molecule has 0 bridgehead atoms. The average molecular weight is 357 g/mol. The van der Waals surface area contributed by atoms with Crippen molar-refractivity contribution in [2.24, 2.45) is 0 Å². The van der Waals surface area contributed by atoms with Crippen LogP contribution in [0.2, 0.25) is 0 Å². The largest absolute Gasteiger partial charge is 0.368 e. The Morgan fingerprint density at radius 2 is 1.69 bits per heavy atom. The Morgan fingerprint density at radius 3 is 2.23 bits per heavy atom. The standard InChI is InChI=1S/C19H24FN5O/c1-19(2,3)23-17-13-21-16(12-22-17)18(26)25-10-8-24(9-11-25)15-6-4-14(20)5-7-15/h4-7,12-13H,8-11H2,1-3H3,(H,22,23). The minimum atomic E-state index is -0.245. The van der Waals surface area contributed by atoms with E-state index < -0.39 is 0 Å². The van der Waals surface area contributed by atoms with Crippen LogP contribution in [0, 0.1) is 5.82 Å². The highest BCUT2D eigenvalue weighted by Gasteiger charge is 2.23. The van der Waals surface area contributed by atoms with Gasteiger partial charge in [0, 0.05) is 37.4 Å². The fourth-order valence-corrected chi connectivity index (χ4v) is 2.87. The lowest BCUT2D eigenvalue weighted by molar-refractivity contribution is 0.0740. The monoisotopic (exact) mass is 357 g/mol. The summed E-state index contributed by atoms with van der Waals surface area (Å²) in [4.78, 5) is 25.1. The van der Waals surface area contributed by atoms with Gasteiger partial charge in [-0.15, -0.1) is 0 Å². The summed E-state index contributed by atoms with van der Waals surface area (Å²) in [5.74, 6) is 0.291. The predicted octanol–water partition coefficient (Wildman–Crippen LogP) is 2.79. The molecular weight excluding hydrogens is 333 g/mol. The number of amides is 1. The summed E-state index contributed by atoms with van der Waals surface area (Å²) in [5.41, 5.74) is 1.20. The maximum absolute atomic E-state index is 13.0. The lowest BCUT2D eigenvalue weighted by Crippen LogP contribution is -2.49. The zero-order chi connectivity index (χ0) is 18.7. The zero-order valence-corrected chi connectivity index (χ0v) is 15.4. The van der Waals surface area contributed by atoms with Crippen molar-refractivity contribution in [2.45, 2.75) is 26.3 Å². The summed E-state index contributed by atoms with van der Waals surface area (Å²) in [6, 6.07) is 6.43. The summed E-state index contributed by atoms with van der Waals surface area (Å²) >= 11 is 0. The normalized spacial score (nSPS) is 15.1. The molecule has 1 saturated heterocycles. The molecule has 1 aliphatic heterocycles. The first-order chi connectivity index (χ1) is 12.3. The number of aromatic nitrogens is 2. The molecule has 0 aliphatic carbocycles. The molecule has 0 saturated carbocycles. The van der Waals surface area contributed by atoms with E-state index in [1.54, 1.807) is 23.2 Å². The van der Waals surface area contributed by atoms with Crippen molar-refractivity contribution in [2.75, 3.05) is 36.4 Å². The van der Waals surface area contributed by atoms with Crippen LogP contribution >= 0.6 is 0 Å². The number of anilines is 2. The average Bonchev–Trinajstić information content (AvgIpc) is 2.61. The van der Waals surface area contributed by atoms with E-state index in [-0.39, 0.29) is 17.3 Å². The van der Waals surface area contributed by atoms with Gasteiger partial charge < -0.3 is 15.1 Å². The first kappa shape index (κ1) is 18.1. The number of hydrogen-bond acceptors (Lipinski definition) is 5. The molecule has 1 aromatic carbocycles. The zero-order valence-electron chi connectivity index (χ0n) is 15.4. The molecule has 0 spiro atoms. The lowest BCUT2D eigenvalue weighted by Gasteiger charge is -2.36. The van der Waals surface area contributed by atoms with Crippen molar-refractivity contribution in [3.63, 3.8) is 0 Å². The van der Waals surface area contributed by atoms with E-state index in [0.717, 1.165) is 5.69 Å². The smallest absolute Gasteiger partial charge is 0.274 e. The van der Waals surface area contributed by atoms with Gasteiger partial charge in [-0.05, 0) is 45.0 Å². The highest BCUT2D eigenvalue weighted by Crippen LogP contribution is 2.18. The predicted molar refractivity (Wildman–Crippen MR) is 99.9 cm³/mol. The Bertz CT molecular complexity index is 747. The van der Waals surface area contributed by atoms with E-state index in [4.69, 9.17) is 0 Å². The molecule has 7 heteroatoms. The minimum Gasteiger partial charge on any atom is -0.368 e. The molecule has 26 heavy (non-hydrogen) atoms. The number of nitrogens with one attached hydrogen (secondary N) is 1. The summed E-state index contributed by atoms with van der Waals surface area (Å²) < 4.78 is 13.0. The Hall–Kier alpha value is -2.70. The quantitative estimate of drug-likeness (QED) is 0.915. The molecule has 138 valence electrons. The van der Waals surface area contributed by atoms with Gasteiger partial charge in [0.05, 0.1) is 12.4 Å². The molecule has 0 atom stereocenters. The second kappa shape index (κ2) is 7.27. The molecule has 1 fully saturated rings. The maximum atomic E-state index is 13.0. The van der Waals surface area contributed by atoms with Gasteiger partial charge in [-0.2, -0.15) is 0 Å². The number of piperazine rings is 1. The van der Waals surface area contributed by atoms with Crippen molar-refractivity contribution >= 4 is 17.4 Å². The second-order valence-electron chi connectivity index (χ2n) is 7.42. The molecule has 1 aromatic heterocycles. The topological polar surface area (TPSA) is 61.4 Å². The second-order valence-corrected chi connectivity index (χ2v) is 7.42. The fourth-order valence-electron chi connectivity index (χ4n) is 2.87. The number of carbonyl (C=O) groups is 1. The van der Waals surface area contributed by atoms with Crippen LogP contribution in [0.4, 0.5) is 15.9 Å². The van der Waals surface area contributed by atoms with Gasteiger partial charge in [0.15, 0.2) is 0 Å². The summed E-state index contributed by atoms with van der Waals surface area (Å²) in [6.07, 6.45) is 3.11. The highest BCUT2D eigenvalue weighted by atomic mass is 19.1. The van der Waals surface area contributed by atoms with E-state index in [1.807, 2.05) is 20.8 Å². The van der Waals surface area contributed by atoms with E-state index in [2.05, 4.69) is 20.2 Å². The van der Waals surface area contributed by atoms with Crippen LogP contribution in [0.25, 0.3) is 0 Å². The third kappa shape index (κ3) is 4.47. The van der Waals surface area contributed by atoms with Gasteiger partial charge in [0.1, 0.15) is 17.3 Å². The van der Waals surface area contributed by atoms with Crippen molar-refractivity contribution in [1.29, 1.82) is 0 Å². The van der Waals surface area contributed by atoms with Gasteiger partial charge >= 0.3 is 0 Å². The van der Waals surface area contributed by atoms with Crippen LogP contribution in [0.15, 0.2) is 36.7 Å². The number of rotatable bonds is 3. The molecule has 1 amide bonds. The lowest BCUT2D eigenvalue weighted by atomic mass is 10.1. The maximum Gasteiger partial charge on any atom is 0.274 e. The number of nitrogens with zero attached hydrogens (tertiary/aromatic N) is 4. The Morgan fingerprint density at radius 1 is 1.04 bits per heavy atom. The molecule has 3 rings (SSSR count). The van der Waals surface area contributed by atoms with Gasteiger partial charge in [-0.1, -0.05) is 0 Å². The van der Waals surface area contributed by atoms with E-state index >= 15 is 0 Å². The third-order valence-corrected chi connectivity index (χ3v) is 4.13. The van der Waals surface area contributed by atoms with Crippen LogP contribution < -0.4 is 10.2 Å². The molecule has 1 aliphatic rings. The third-order valence-electron chi connectivity index (χ3n) is 4.13. The van der Waals surface area contributed by atoms with Crippen molar-refractivity contribution in [3.8, 4) is 0 Å². The Kier molecular flexibility index (Phi) is 5.06. The van der Waals surface area contributed by atoms with E-state index in [9.17, 15) is 9.18 Å². The van der Waals surface area contributed by atoms with Gasteiger partial charge in [0.2, 0.25) is 0 Å². The number of carbonyl (C=O) groups excluding carboxylic acids is 1. The van der Waals surface area contributed by atoms with Gasteiger partial charge in [-0.3, -0.25) is 4.79 Å². The molecule has 0 radical (unpaired) electrons. The number of halogens is 1. The highest BCUT2D eigenvalue weighted by molar-refractivity contribution is 5.92. The Balaban J connectivity index is 1.59. The molecule has 1 N–H and O–H groups in total. The fraction of sp³-hybridized carbons (Fsp3) is 0.421. The van der Waals surface area contributed by atoms with E-state index in [1.165, 1.54) is 18.3 Å². The van der Waals surface area contributed by atoms with Crippen LogP contribution in [0.5, 0.6) is 0 Å². The van der Waals surface area contributed by atoms with Crippen molar-refractivity contribution in [3.05, 3.63) is 48.2 Å². The van der Waals surface area contributed by atoms with Crippen molar-refractivity contribution in [1.82, 2.24) is 14.9 Å². The van der Waals surface area contributed by atoms with Crippen LogP contribution in [-0.4, -0.2) is 52.5 Å². The minimum absolute atomic E-state index is 0.112. The molecule has 0 unspecified atom stereocenters. The number of hydrogen-bond donors (Lipinski definition) is 1. The Labute approximate surface area is 153 Å². The van der Waals surface area contributed by atoms with Crippen molar-refractivity contribution < 1.29 is 9.18 Å². The van der Waals surface area contributed by atoms with E-state index in [0.29, 0.717) is 37.7 Å². The first-order valence-electron chi connectivity index (χ1n) is 8.72. The summed E-state index contributed by atoms with van der Waals surface area (Å²) in [6.45, 7) is 8.71. The molecule has 2 aromatic rings. The van der Waals surface area contributed by atoms with Crippen LogP contribution in [0.3, 0.4) is 0 Å². The SMILES string of the molecule is CC(C)(C)Nc1cnc(C(=O)N2CCN(c3ccc(F)cc3)CC2)cn1. The first-order valence-corrected chi connectivity index (χ1v) is 8.72. The summed E-state index contributed by atoms with van der Waals surface area (Å²) in [5, 5.41) is 3.22. The van der Waals surface area contributed by atoms with Gasteiger partial charge in [0.25, 0.3) is 5.91 Å². The van der Waals surface area contributed by atoms with Crippen LogP contribution in [0.1, 0.15) is 31.3 Å². The van der Waals surface area contributed by atoms with Gasteiger partial charge in [-0.25, -0.2) is 14.4 Å².